The Morgan fingerprint density at radius 2 is 2.00 bits per heavy atom. The molecule has 1 aliphatic rings. The molecule has 66 valence electrons. The van der Waals surface area contributed by atoms with Gasteiger partial charge in [0.05, 0.1) is 8.19 Å². The van der Waals surface area contributed by atoms with E-state index in [1.807, 2.05) is 0 Å². The first-order chi connectivity index (χ1) is 5.19. The van der Waals surface area contributed by atoms with E-state index in [0.717, 1.165) is 11.1 Å². The van der Waals surface area contributed by atoms with Gasteiger partial charge in [0.25, 0.3) is 0 Å². The van der Waals surface area contributed by atoms with Gasteiger partial charge in [0.2, 0.25) is 0 Å². The lowest BCUT2D eigenvalue weighted by Gasteiger charge is -2.11. The maximum atomic E-state index is 2.51. The SMILES string of the molecule is CC1C(C)[Si]1(SC[SiH3])S[SiH2][SiH3]. The van der Waals surface area contributed by atoms with E-state index >= 15 is 0 Å². The molecule has 1 rings (SSSR count). The molecule has 11 heavy (non-hydrogen) atoms. The van der Waals surface area contributed by atoms with E-state index in [0.29, 0.717) is 8.19 Å². The predicted octanol–water partition coefficient (Wildman–Crippen LogP) is -0.624. The second kappa shape index (κ2) is 4.19. The van der Waals surface area contributed by atoms with Crippen molar-refractivity contribution in [3.8, 4) is 0 Å². The highest BCUT2D eigenvalue weighted by atomic mass is 32.7. The van der Waals surface area contributed by atoms with Crippen molar-refractivity contribution in [1.29, 1.82) is 0 Å². The summed E-state index contributed by atoms with van der Waals surface area (Å²) in [6.07, 6.45) is -0.696. The zero-order valence-electron chi connectivity index (χ0n) is 7.89. The molecule has 0 saturated carbocycles. The molecule has 0 aromatic rings. The van der Waals surface area contributed by atoms with Crippen LogP contribution in [0.4, 0.5) is 0 Å². The predicted molar refractivity (Wildman–Crippen MR) is 73.1 cm³/mol. The van der Waals surface area contributed by atoms with E-state index in [1.54, 1.807) is 0 Å². The molecule has 0 aromatic heterocycles. The monoisotopic (exact) mass is 254 g/mol. The Bertz CT molecular complexity index is 126. The van der Waals surface area contributed by atoms with Crippen LogP contribution < -0.4 is 0 Å². The average molecular weight is 255 g/mol. The van der Waals surface area contributed by atoms with Gasteiger partial charge >= 0.3 is 0 Å². The summed E-state index contributed by atoms with van der Waals surface area (Å²) >= 11 is 2.41. The van der Waals surface area contributed by atoms with Gasteiger partial charge in [0.15, 0.2) is 6.37 Å². The Morgan fingerprint density at radius 1 is 1.45 bits per heavy atom. The molecule has 2 atom stereocenters. The van der Waals surface area contributed by atoms with Crippen molar-refractivity contribution in [2.75, 3.05) is 5.38 Å². The van der Waals surface area contributed by atoms with Crippen LogP contribution in [0.5, 0.6) is 0 Å². The molecule has 6 heteroatoms. The largest absolute Gasteiger partial charge is 0.206 e. The first kappa shape index (κ1) is 10.6. The maximum Gasteiger partial charge on any atom is 0.175 e. The lowest BCUT2D eigenvalue weighted by molar-refractivity contribution is 1.02. The van der Waals surface area contributed by atoms with Crippen LogP contribution in [0, 0.1) is 0 Å². The van der Waals surface area contributed by atoms with Crippen LogP contribution in [0.1, 0.15) is 13.8 Å². The Balaban J connectivity index is 2.47. The second-order valence-electron chi connectivity index (χ2n) is 3.16. The number of hydrogen-bond acceptors (Lipinski definition) is 2. The van der Waals surface area contributed by atoms with E-state index in [4.69, 9.17) is 0 Å². The van der Waals surface area contributed by atoms with Crippen LogP contribution in [0.2, 0.25) is 11.1 Å². The summed E-state index contributed by atoms with van der Waals surface area (Å²) in [7, 11) is 5.86. The topological polar surface area (TPSA) is 0 Å². The van der Waals surface area contributed by atoms with E-state index < -0.39 is 6.37 Å². The van der Waals surface area contributed by atoms with Gasteiger partial charge in [-0.1, -0.05) is 13.8 Å². The fourth-order valence-corrected chi connectivity index (χ4v) is 55.3. The van der Waals surface area contributed by atoms with Crippen LogP contribution in [0.15, 0.2) is 0 Å². The summed E-state index contributed by atoms with van der Waals surface area (Å²) in [4.78, 5) is 0. The maximum absolute atomic E-state index is 2.51. The molecule has 0 N–H and O–H groups in total. The molecule has 1 saturated heterocycles. The van der Waals surface area contributed by atoms with Gasteiger partial charge < -0.3 is 0 Å². The highest BCUT2D eigenvalue weighted by Crippen LogP contribution is 2.69. The third kappa shape index (κ3) is 1.91. The van der Waals surface area contributed by atoms with Crippen molar-refractivity contribution in [3.05, 3.63) is 0 Å². The quantitative estimate of drug-likeness (QED) is 0.613. The number of hydrogen-bond donors (Lipinski definition) is 0. The van der Waals surface area contributed by atoms with Crippen molar-refractivity contribution in [3.63, 3.8) is 0 Å². The number of rotatable bonds is 4. The van der Waals surface area contributed by atoms with E-state index in [2.05, 4.69) is 35.7 Å². The minimum atomic E-state index is -0.696. The fourth-order valence-electron chi connectivity index (χ4n) is 1.72. The summed E-state index contributed by atoms with van der Waals surface area (Å²) in [5.74, 6) is 0. The minimum Gasteiger partial charge on any atom is -0.206 e. The summed E-state index contributed by atoms with van der Waals surface area (Å²) in [6.45, 7) is 5.00. The molecule has 0 amide bonds. The Labute approximate surface area is 86.5 Å². The van der Waals surface area contributed by atoms with Gasteiger partial charge in [-0.3, -0.25) is 0 Å². The normalized spacial score (nSPS) is 44.2. The molecule has 0 radical (unpaired) electrons. The van der Waals surface area contributed by atoms with Crippen LogP contribution in [0.3, 0.4) is 0 Å². The molecule has 2 unspecified atom stereocenters. The lowest BCUT2D eigenvalue weighted by atomic mass is 10.4. The molecule has 0 nitrogen and oxygen atoms in total. The highest BCUT2D eigenvalue weighted by Gasteiger charge is 2.61. The van der Waals surface area contributed by atoms with Gasteiger partial charge in [-0.25, -0.2) is 10.7 Å². The second-order valence-corrected chi connectivity index (χ2v) is 26.0. The van der Waals surface area contributed by atoms with Crippen LogP contribution in [0.25, 0.3) is 0 Å². The third-order valence-corrected chi connectivity index (χ3v) is 37.5. The van der Waals surface area contributed by atoms with Gasteiger partial charge in [-0.2, -0.15) is 11.2 Å². The van der Waals surface area contributed by atoms with Crippen LogP contribution in [-0.4, -0.2) is 39.9 Å². The van der Waals surface area contributed by atoms with Crippen molar-refractivity contribution < 1.29 is 0 Å². The van der Waals surface area contributed by atoms with Crippen molar-refractivity contribution in [2.24, 2.45) is 0 Å². The van der Waals surface area contributed by atoms with E-state index in [-0.39, 0.29) is 0 Å². The van der Waals surface area contributed by atoms with Crippen molar-refractivity contribution in [1.82, 2.24) is 0 Å². The molecule has 0 spiro atoms. The molecule has 1 fully saturated rings. The summed E-state index contributed by atoms with van der Waals surface area (Å²) < 4.78 is 0. The smallest absolute Gasteiger partial charge is 0.175 e. The van der Waals surface area contributed by atoms with Gasteiger partial charge in [0, 0.05) is 20.0 Å². The standard InChI is InChI=1S/C5H18S2Si4/c1-4-5(2)11(4,6-3-8)7-10-9/h4-5H,3,10H2,1-2,8-9H3. The summed E-state index contributed by atoms with van der Waals surface area (Å²) in [5, 5.41) is 1.50. The summed E-state index contributed by atoms with van der Waals surface area (Å²) in [5.41, 5.74) is 2.29. The van der Waals surface area contributed by atoms with Crippen molar-refractivity contribution >= 4 is 56.4 Å². The zero-order valence-corrected chi connectivity index (χ0v) is 15.9. The minimum absolute atomic E-state index is 0.400. The Hall–Kier alpha value is 1.57. The molecular formula is C5H18S2Si4. The third-order valence-electron chi connectivity index (χ3n) is 2.65. The van der Waals surface area contributed by atoms with Gasteiger partial charge in [-0.15, -0.1) is 0 Å². The Morgan fingerprint density at radius 3 is 2.27 bits per heavy atom. The van der Waals surface area contributed by atoms with Gasteiger partial charge in [0.1, 0.15) is 0 Å². The summed E-state index contributed by atoms with van der Waals surface area (Å²) in [6, 6.07) is 0. The van der Waals surface area contributed by atoms with Crippen LogP contribution >= 0.6 is 21.9 Å². The molecule has 0 bridgehead atoms. The first-order valence-electron chi connectivity index (χ1n) is 4.47. The van der Waals surface area contributed by atoms with Crippen molar-refractivity contribution in [2.45, 2.75) is 24.9 Å². The molecule has 0 aromatic carbocycles. The van der Waals surface area contributed by atoms with Gasteiger partial charge in [-0.05, 0) is 16.5 Å². The van der Waals surface area contributed by atoms with E-state index in [1.165, 1.54) is 25.4 Å². The zero-order chi connectivity index (χ0) is 8.48. The lowest BCUT2D eigenvalue weighted by Crippen LogP contribution is -2.11. The molecule has 0 aliphatic carbocycles. The first-order valence-corrected chi connectivity index (χ1v) is 18.8. The fraction of sp³-hybridized carbons (Fsp3) is 1.00. The Kier molecular flexibility index (Phi) is 4.05. The molecule has 1 heterocycles. The molecule has 1 aliphatic heterocycles. The molecular weight excluding hydrogens is 237 g/mol. The van der Waals surface area contributed by atoms with E-state index in [9.17, 15) is 0 Å². The highest BCUT2D eigenvalue weighted by molar-refractivity contribution is 8.69. The van der Waals surface area contributed by atoms with Crippen LogP contribution in [-0.2, 0) is 0 Å². The average Bonchev–Trinajstić information content (AvgIpc) is 2.44.